The van der Waals surface area contributed by atoms with Crippen LogP contribution in [0.3, 0.4) is 0 Å². The van der Waals surface area contributed by atoms with E-state index in [0.29, 0.717) is 11.3 Å². The molecule has 0 N–H and O–H groups in total. The molecule has 3 heteroatoms. The fourth-order valence-electron chi connectivity index (χ4n) is 4.87. The van der Waals surface area contributed by atoms with Crippen LogP contribution in [-0.4, -0.2) is 9.97 Å². The van der Waals surface area contributed by atoms with Crippen LogP contribution >= 0.6 is 0 Å². The summed E-state index contributed by atoms with van der Waals surface area (Å²) >= 11 is 0. The summed E-state index contributed by atoms with van der Waals surface area (Å²) in [5.41, 5.74) is 6.10. The maximum Gasteiger partial charge on any atom is 0.101 e. The highest BCUT2D eigenvalue weighted by atomic mass is 14.7. The third-order valence-corrected chi connectivity index (χ3v) is 6.36. The first kappa shape index (κ1) is 17.1. The largest absolute Gasteiger partial charge is 0.262 e. The number of rotatable bonds is 1. The number of hydrogen-bond acceptors (Lipinski definition) is 3. The number of pyridine rings is 2. The zero-order chi connectivity index (χ0) is 20.1. The van der Waals surface area contributed by atoms with E-state index in [1.165, 1.54) is 58.4 Å². The second-order valence-corrected chi connectivity index (χ2v) is 8.07. The molecule has 0 radical (unpaired) electrons. The van der Waals surface area contributed by atoms with Crippen molar-refractivity contribution in [2.24, 2.45) is 0 Å². The highest BCUT2D eigenvalue weighted by Crippen LogP contribution is 2.35. The van der Waals surface area contributed by atoms with Crippen molar-refractivity contribution in [3.05, 3.63) is 83.7 Å². The summed E-state index contributed by atoms with van der Waals surface area (Å²) in [6.07, 6.45) is 8.42. The van der Waals surface area contributed by atoms with Crippen LogP contribution in [0, 0.1) is 11.3 Å². The lowest BCUT2D eigenvalue weighted by Gasteiger charge is -2.19. The lowest BCUT2D eigenvalue weighted by molar-refractivity contribution is 0.690. The number of aromatic nitrogens is 2. The van der Waals surface area contributed by atoms with Crippen molar-refractivity contribution >= 4 is 32.4 Å². The van der Waals surface area contributed by atoms with Crippen molar-refractivity contribution < 1.29 is 0 Å². The number of hydrogen-bond donors (Lipinski definition) is 0. The smallest absolute Gasteiger partial charge is 0.101 e. The number of fused-ring (bicyclic) bond motifs is 6. The fourth-order valence-corrected chi connectivity index (χ4v) is 4.87. The molecule has 3 aromatic carbocycles. The predicted molar refractivity (Wildman–Crippen MR) is 121 cm³/mol. The zero-order valence-electron chi connectivity index (χ0n) is 16.5. The maximum absolute atomic E-state index is 9.70. The van der Waals surface area contributed by atoms with Gasteiger partial charge in [0.25, 0.3) is 0 Å². The van der Waals surface area contributed by atoms with Gasteiger partial charge in [-0.15, -0.1) is 0 Å². The molecular formula is C27H19N3. The monoisotopic (exact) mass is 385 g/mol. The molecule has 2 aromatic heterocycles. The molecule has 30 heavy (non-hydrogen) atoms. The molecule has 1 aliphatic rings. The van der Waals surface area contributed by atoms with Gasteiger partial charge in [-0.1, -0.05) is 36.4 Å². The Morgan fingerprint density at radius 2 is 1.67 bits per heavy atom. The Labute approximate surface area is 174 Å². The van der Waals surface area contributed by atoms with E-state index in [1.54, 1.807) is 12.4 Å². The van der Waals surface area contributed by atoms with E-state index >= 15 is 0 Å². The van der Waals surface area contributed by atoms with Gasteiger partial charge in [0.1, 0.15) is 6.07 Å². The van der Waals surface area contributed by atoms with Crippen LogP contribution in [0.5, 0.6) is 0 Å². The van der Waals surface area contributed by atoms with Crippen LogP contribution in [-0.2, 0) is 12.8 Å². The van der Waals surface area contributed by atoms with Crippen LogP contribution in [0.2, 0.25) is 0 Å². The van der Waals surface area contributed by atoms with Gasteiger partial charge in [0.2, 0.25) is 0 Å². The molecule has 0 bridgehead atoms. The van der Waals surface area contributed by atoms with E-state index < -0.39 is 0 Å². The van der Waals surface area contributed by atoms with Gasteiger partial charge in [-0.2, -0.15) is 5.26 Å². The minimum atomic E-state index is 0.586. The van der Waals surface area contributed by atoms with Gasteiger partial charge >= 0.3 is 0 Å². The molecule has 1 aliphatic carbocycles. The molecular weight excluding hydrogens is 366 g/mol. The summed E-state index contributed by atoms with van der Waals surface area (Å²) < 4.78 is 0. The average Bonchev–Trinajstić information content (AvgIpc) is 2.82. The Hall–Kier alpha value is -3.77. The first-order chi connectivity index (χ1) is 14.8. The van der Waals surface area contributed by atoms with Gasteiger partial charge < -0.3 is 0 Å². The summed E-state index contributed by atoms with van der Waals surface area (Å²) in [7, 11) is 0. The Morgan fingerprint density at radius 3 is 2.60 bits per heavy atom. The van der Waals surface area contributed by atoms with Crippen LogP contribution in [0.4, 0.5) is 0 Å². The molecule has 0 atom stereocenters. The highest BCUT2D eigenvalue weighted by Gasteiger charge is 2.15. The second kappa shape index (κ2) is 6.64. The lowest BCUT2D eigenvalue weighted by Crippen LogP contribution is -2.03. The van der Waals surface area contributed by atoms with Crippen LogP contribution in [0.15, 0.2) is 67.0 Å². The van der Waals surface area contributed by atoms with E-state index in [2.05, 4.69) is 53.5 Å². The Balaban J connectivity index is 1.57. The van der Waals surface area contributed by atoms with E-state index in [9.17, 15) is 5.26 Å². The van der Waals surface area contributed by atoms with Crippen molar-refractivity contribution in [3.8, 4) is 17.3 Å². The van der Waals surface area contributed by atoms with Gasteiger partial charge in [-0.25, -0.2) is 4.98 Å². The number of aryl methyl sites for hydroxylation is 2. The summed E-state index contributed by atoms with van der Waals surface area (Å²) in [4.78, 5) is 8.94. The molecule has 5 aromatic rings. The van der Waals surface area contributed by atoms with E-state index in [4.69, 9.17) is 4.98 Å². The van der Waals surface area contributed by atoms with E-state index in [1.807, 2.05) is 12.1 Å². The van der Waals surface area contributed by atoms with Crippen molar-refractivity contribution in [1.82, 2.24) is 9.97 Å². The van der Waals surface area contributed by atoms with Crippen LogP contribution in [0.25, 0.3) is 43.7 Å². The molecule has 6 rings (SSSR count). The first-order valence-corrected chi connectivity index (χ1v) is 10.4. The zero-order valence-corrected chi connectivity index (χ0v) is 16.5. The predicted octanol–water partition coefficient (Wildman–Crippen LogP) is 6.35. The second-order valence-electron chi connectivity index (χ2n) is 8.07. The van der Waals surface area contributed by atoms with Crippen LogP contribution in [0.1, 0.15) is 29.5 Å². The molecule has 0 aliphatic heterocycles. The highest BCUT2D eigenvalue weighted by molar-refractivity contribution is 6.09. The minimum Gasteiger partial charge on any atom is -0.262 e. The van der Waals surface area contributed by atoms with Gasteiger partial charge in [0.15, 0.2) is 0 Å². The van der Waals surface area contributed by atoms with E-state index in [0.717, 1.165) is 16.5 Å². The number of nitriles is 1. The molecule has 0 fully saturated rings. The van der Waals surface area contributed by atoms with Crippen molar-refractivity contribution in [1.29, 1.82) is 5.26 Å². The van der Waals surface area contributed by atoms with Crippen molar-refractivity contribution in [3.63, 3.8) is 0 Å². The van der Waals surface area contributed by atoms with Crippen molar-refractivity contribution in [2.45, 2.75) is 25.7 Å². The molecule has 142 valence electrons. The lowest BCUT2D eigenvalue weighted by atomic mass is 9.86. The molecule has 0 saturated heterocycles. The number of benzene rings is 3. The molecule has 3 nitrogen and oxygen atoms in total. The summed E-state index contributed by atoms with van der Waals surface area (Å²) in [5, 5.41) is 15.8. The molecule has 0 spiro atoms. The fraction of sp³-hybridized carbons (Fsp3) is 0.148. The Bertz CT molecular complexity index is 1510. The third kappa shape index (κ3) is 2.58. The summed E-state index contributed by atoms with van der Waals surface area (Å²) in [6.45, 7) is 0. The topological polar surface area (TPSA) is 49.6 Å². The average molecular weight is 385 g/mol. The van der Waals surface area contributed by atoms with Gasteiger partial charge in [0.05, 0.1) is 23.0 Å². The summed E-state index contributed by atoms with van der Waals surface area (Å²) in [6, 6.07) is 21.6. The van der Waals surface area contributed by atoms with Crippen LogP contribution < -0.4 is 0 Å². The quantitative estimate of drug-likeness (QED) is 0.316. The number of nitrogens with zero attached hydrogens (tertiary/aromatic N) is 3. The van der Waals surface area contributed by atoms with Gasteiger partial charge in [0, 0.05) is 17.1 Å². The molecule has 0 unspecified atom stereocenters. The summed E-state index contributed by atoms with van der Waals surface area (Å²) in [5.74, 6) is 0. The minimum absolute atomic E-state index is 0.586. The SMILES string of the molecule is N#Cc1cc2ccncc2nc1-c1ccc2c(ccc3c4c(ccc32)CCCC4)c1. The van der Waals surface area contributed by atoms with Crippen molar-refractivity contribution in [2.75, 3.05) is 0 Å². The Kier molecular flexibility index (Phi) is 3.79. The Morgan fingerprint density at radius 1 is 0.800 bits per heavy atom. The normalized spacial score (nSPS) is 13.4. The maximum atomic E-state index is 9.70. The molecule has 0 saturated carbocycles. The third-order valence-electron chi connectivity index (χ3n) is 6.36. The van der Waals surface area contributed by atoms with Gasteiger partial charge in [-0.05, 0) is 76.6 Å². The molecule has 2 heterocycles. The standard InChI is InChI=1S/C27H19N3/c28-15-21-14-19-11-12-29-16-26(19)30-27(21)20-7-8-23-18(13-20)6-10-24-22-4-2-1-3-17(22)5-9-25(23)24/h5-14,16H,1-4H2. The van der Waals surface area contributed by atoms with Gasteiger partial charge in [-0.3, -0.25) is 4.98 Å². The molecule has 0 amide bonds. The first-order valence-electron chi connectivity index (χ1n) is 10.4. The van der Waals surface area contributed by atoms with E-state index in [-0.39, 0.29) is 0 Å².